The fourth-order valence-corrected chi connectivity index (χ4v) is 3.67. The Kier molecular flexibility index (Phi) is 4.18. The van der Waals surface area contributed by atoms with Gasteiger partial charge in [-0.15, -0.1) is 0 Å². The van der Waals surface area contributed by atoms with Crippen molar-refractivity contribution >= 4 is 15.8 Å². The van der Waals surface area contributed by atoms with E-state index in [-0.39, 0.29) is 30.3 Å². The zero-order valence-electron chi connectivity index (χ0n) is 10.4. The predicted octanol–water partition coefficient (Wildman–Crippen LogP) is 0.454. The molecular formula is C11H16N2O5S. The molecule has 0 unspecified atom stereocenters. The number of sulfone groups is 1. The van der Waals surface area contributed by atoms with Crippen LogP contribution in [0.4, 0.5) is 0 Å². The molecule has 1 saturated heterocycles. The van der Waals surface area contributed by atoms with Crippen LogP contribution in [0.1, 0.15) is 31.0 Å². The standard InChI is InChI=1S/C11H16N2O5S/c14-11(15)2-1-9-12-10(18-13-9)7-8-3-5-19(16,17)6-4-8/h8H,1-7H2,(H,14,15). The first-order valence-corrected chi connectivity index (χ1v) is 8.00. The fourth-order valence-electron chi connectivity index (χ4n) is 2.08. The van der Waals surface area contributed by atoms with E-state index in [9.17, 15) is 13.2 Å². The summed E-state index contributed by atoms with van der Waals surface area (Å²) < 4.78 is 27.6. The number of carboxylic acids is 1. The monoisotopic (exact) mass is 288 g/mol. The molecule has 0 atom stereocenters. The lowest BCUT2D eigenvalue weighted by Gasteiger charge is -2.19. The highest BCUT2D eigenvalue weighted by Crippen LogP contribution is 2.22. The molecule has 0 bridgehead atoms. The Morgan fingerprint density at radius 3 is 2.68 bits per heavy atom. The van der Waals surface area contributed by atoms with Crippen LogP contribution in [-0.4, -0.2) is 41.1 Å². The summed E-state index contributed by atoms with van der Waals surface area (Å²) in [4.78, 5) is 14.5. The van der Waals surface area contributed by atoms with Crippen molar-refractivity contribution in [1.82, 2.24) is 10.1 Å². The summed E-state index contributed by atoms with van der Waals surface area (Å²) in [5.74, 6) is 0.640. The number of carboxylic acid groups (broad SMARTS) is 1. The SMILES string of the molecule is O=C(O)CCc1noc(CC2CCS(=O)(=O)CC2)n1. The molecule has 1 aliphatic rings. The zero-order chi connectivity index (χ0) is 13.9. The molecular weight excluding hydrogens is 272 g/mol. The maximum Gasteiger partial charge on any atom is 0.303 e. The molecule has 19 heavy (non-hydrogen) atoms. The van der Waals surface area contributed by atoms with E-state index in [1.54, 1.807) is 0 Å². The van der Waals surface area contributed by atoms with Gasteiger partial charge in [-0.25, -0.2) is 8.42 Å². The Bertz CT molecular complexity index is 537. The Morgan fingerprint density at radius 2 is 2.05 bits per heavy atom. The Balaban J connectivity index is 1.85. The third-order valence-corrected chi connectivity index (χ3v) is 4.93. The summed E-state index contributed by atoms with van der Waals surface area (Å²) >= 11 is 0. The largest absolute Gasteiger partial charge is 0.481 e. The number of aryl methyl sites for hydroxylation is 1. The topological polar surface area (TPSA) is 110 Å². The van der Waals surface area contributed by atoms with Crippen LogP contribution in [0.3, 0.4) is 0 Å². The Hall–Kier alpha value is -1.44. The zero-order valence-corrected chi connectivity index (χ0v) is 11.2. The summed E-state index contributed by atoms with van der Waals surface area (Å²) in [5.41, 5.74) is 0. The van der Waals surface area contributed by atoms with Crippen molar-refractivity contribution in [3.8, 4) is 0 Å². The minimum atomic E-state index is -2.85. The van der Waals surface area contributed by atoms with Crippen molar-refractivity contribution in [2.24, 2.45) is 5.92 Å². The van der Waals surface area contributed by atoms with Crippen LogP contribution in [0.25, 0.3) is 0 Å². The van der Waals surface area contributed by atoms with Crippen LogP contribution in [-0.2, 0) is 27.5 Å². The minimum Gasteiger partial charge on any atom is -0.481 e. The molecule has 1 fully saturated rings. The van der Waals surface area contributed by atoms with Gasteiger partial charge in [0.25, 0.3) is 0 Å². The lowest BCUT2D eigenvalue weighted by atomic mass is 9.99. The van der Waals surface area contributed by atoms with Crippen LogP contribution < -0.4 is 0 Å². The van der Waals surface area contributed by atoms with Crippen LogP contribution in [0.2, 0.25) is 0 Å². The Morgan fingerprint density at radius 1 is 1.37 bits per heavy atom. The number of carbonyl (C=O) groups is 1. The molecule has 0 aliphatic carbocycles. The van der Waals surface area contributed by atoms with Crippen molar-refractivity contribution in [2.75, 3.05) is 11.5 Å². The second-order valence-corrected chi connectivity index (χ2v) is 7.10. The molecule has 1 aliphatic heterocycles. The van der Waals surface area contributed by atoms with Crippen molar-refractivity contribution in [2.45, 2.75) is 32.1 Å². The third-order valence-electron chi connectivity index (χ3n) is 3.21. The van der Waals surface area contributed by atoms with Gasteiger partial charge >= 0.3 is 5.97 Å². The van der Waals surface area contributed by atoms with Crippen LogP contribution in [0.5, 0.6) is 0 Å². The number of hydrogen-bond donors (Lipinski definition) is 1. The highest BCUT2D eigenvalue weighted by molar-refractivity contribution is 7.91. The maximum atomic E-state index is 11.3. The molecule has 0 saturated carbocycles. The van der Waals surface area contributed by atoms with E-state index in [1.807, 2.05) is 0 Å². The summed E-state index contributed by atoms with van der Waals surface area (Å²) in [6.45, 7) is 0. The normalized spacial score (nSPS) is 19.4. The van der Waals surface area contributed by atoms with Crippen molar-refractivity contribution < 1.29 is 22.8 Å². The highest BCUT2D eigenvalue weighted by Gasteiger charge is 2.25. The molecule has 2 rings (SSSR count). The lowest BCUT2D eigenvalue weighted by molar-refractivity contribution is -0.137. The minimum absolute atomic E-state index is 0.0271. The van der Waals surface area contributed by atoms with Gasteiger partial charge in [0.1, 0.15) is 9.84 Å². The van der Waals surface area contributed by atoms with E-state index in [0.717, 1.165) is 0 Å². The van der Waals surface area contributed by atoms with Gasteiger partial charge in [0.05, 0.1) is 17.9 Å². The average molecular weight is 288 g/mol. The first kappa shape index (κ1) is 14.0. The van der Waals surface area contributed by atoms with Gasteiger partial charge in [0.2, 0.25) is 5.89 Å². The molecule has 1 aromatic heterocycles. The lowest BCUT2D eigenvalue weighted by Crippen LogP contribution is -2.24. The second kappa shape index (κ2) is 5.68. The molecule has 2 heterocycles. The Labute approximate surface area is 110 Å². The van der Waals surface area contributed by atoms with Gasteiger partial charge in [-0.1, -0.05) is 5.16 Å². The van der Waals surface area contributed by atoms with E-state index in [1.165, 1.54) is 0 Å². The summed E-state index contributed by atoms with van der Waals surface area (Å²) in [6.07, 6.45) is 2.03. The summed E-state index contributed by atoms with van der Waals surface area (Å²) in [5, 5.41) is 12.3. The fraction of sp³-hybridized carbons (Fsp3) is 0.727. The first-order valence-electron chi connectivity index (χ1n) is 6.18. The molecule has 0 spiro atoms. The molecule has 106 valence electrons. The number of nitrogens with zero attached hydrogens (tertiary/aromatic N) is 2. The smallest absolute Gasteiger partial charge is 0.303 e. The summed E-state index contributed by atoms with van der Waals surface area (Å²) in [6, 6.07) is 0. The van der Waals surface area contributed by atoms with E-state index in [2.05, 4.69) is 10.1 Å². The van der Waals surface area contributed by atoms with Gasteiger partial charge in [-0.05, 0) is 18.8 Å². The molecule has 0 amide bonds. The van der Waals surface area contributed by atoms with Gasteiger partial charge in [0, 0.05) is 12.8 Å². The molecule has 1 N–H and O–H groups in total. The van der Waals surface area contributed by atoms with Crippen LogP contribution >= 0.6 is 0 Å². The molecule has 0 aromatic carbocycles. The van der Waals surface area contributed by atoms with Crippen molar-refractivity contribution in [1.29, 1.82) is 0 Å². The maximum absolute atomic E-state index is 11.3. The molecule has 0 radical (unpaired) electrons. The van der Waals surface area contributed by atoms with Crippen molar-refractivity contribution in [3.05, 3.63) is 11.7 Å². The number of hydrogen-bond acceptors (Lipinski definition) is 6. The van der Waals surface area contributed by atoms with Crippen molar-refractivity contribution in [3.63, 3.8) is 0 Å². The number of aromatic nitrogens is 2. The van der Waals surface area contributed by atoms with Gasteiger partial charge in [0.15, 0.2) is 5.82 Å². The first-order chi connectivity index (χ1) is 8.94. The number of aliphatic carboxylic acids is 1. The predicted molar refractivity (Wildman–Crippen MR) is 65.3 cm³/mol. The van der Waals surface area contributed by atoms with E-state index in [4.69, 9.17) is 9.63 Å². The molecule has 7 nitrogen and oxygen atoms in total. The number of rotatable bonds is 5. The molecule has 8 heteroatoms. The van der Waals surface area contributed by atoms with E-state index in [0.29, 0.717) is 31.0 Å². The van der Waals surface area contributed by atoms with Gasteiger partial charge < -0.3 is 9.63 Å². The van der Waals surface area contributed by atoms with Crippen LogP contribution in [0, 0.1) is 5.92 Å². The quantitative estimate of drug-likeness (QED) is 0.837. The third kappa shape index (κ3) is 4.30. The second-order valence-electron chi connectivity index (χ2n) is 4.80. The van der Waals surface area contributed by atoms with E-state index < -0.39 is 15.8 Å². The van der Waals surface area contributed by atoms with E-state index >= 15 is 0 Å². The highest BCUT2D eigenvalue weighted by atomic mass is 32.2. The van der Waals surface area contributed by atoms with Gasteiger partial charge in [-0.2, -0.15) is 4.98 Å². The molecule has 1 aromatic rings. The summed E-state index contributed by atoms with van der Waals surface area (Å²) in [7, 11) is -2.85. The average Bonchev–Trinajstić information content (AvgIpc) is 2.77. The van der Waals surface area contributed by atoms with Gasteiger partial charge in [-0.3, -0.25) is 4.79 Å². The van der Waals surface area contributed by atoms with Crippen LogP contribution in [0.15, 0.2) is 4.52 Å².